The van der Waals surface area contributed by atoms with Gasteiger partial charge < -0.3 is 4.52 Å². The van der Waals surface area contributed by atoms with E-state index in [1.165, 1.54) is 6.07 Å². The minimum atomic E-state index is -0.696. The maximum Gasteiger partial charge on any atom is 0.290 e. The van der Waals surface area contributed by atoms with Crippen LogP contribution in [0.3, 0.4) is 0 Å². The second-order valence-corrected chi connectivity index (χ2v) is 4.14. The number of benzene rings is 1. The van der Waals surface area contributed by atoms with Crippen LogP contribution >= 0.6 is 34.8 Å². The van der Waals surface area contributed by atoms with Crippen LogP contribution in [-0.2, 0) is 0 Å². The first-order valence-electron chi connectivity index (χ1n) is 4.20. The van der Waals surface area contributed by atoms with Crippen LogP contribution in [0, 0.1) is 0 Å². The zero-order chi connectivity index (χ0) is 11.7. The molecule has 0 N–H and O–H groups in total. The predicted molar refractivity (Wildman–Crippen MR) is 62.1 cm³/mol. The Morgan fingerprint density at radius 3 is 2.50 bits per heavy atom. The van der Waals surface area contributed by atoms with Crippen LogP contribution in [-0.4, -0.2) is 10.4 Å². The summed E-state index contributed by atoms with van der Waals surface area (Å²) in [5, 5.41) is 3.85. The van der Waals surface area contributed by atoms with E-state index in [1.54, 1.807) is 18.2 Å². The average Bonchev–Trinajstić information content (AvgIpc) is 2.71. The third-order valence-corrected chi connectivity index (χ3v) is 2.84. The highest BCUT2D eigenvalue weighted by Gasteiger charge is 2.12. The van der Waals surface area contributed by atoms with Crippen molar-refractivity contribution < 1.29 is 9.32 Å². The van der Waals surface area contributed by atoms with Crippen molar-refractivity contribution in [1.29, 1.82) is 0 Å². The smallest absolute Gasteiger partial charge is 0.290 e. The number of carbonyl (C=O) groups excluding carboxylic acids is 1. The van der Waals surface area contributed by atoms with E-state index in [0.29, 0.717) is 21.3 Å². The first-order valence-corrected chi connectivity index (χ1v) is 5.33. The molecule has 2 aromatic rings. The van der Waals surface area contributed by atoms with Crippen LogP contribution in [0.1, 0.15) is 10.6 Å². The molecule has 1 aromatic heterocycles. The number of carbonyl (C=O) groups is 1. The van der Waals surface area contributed by atoms with E-state index in [2.05, 4.69) is 5.16 Å². The minimum Gasteiger partial charge on any atom is -0.351 e. The van der Waals surface area contributed by atoms with Gasteiger partial charge in [-0.15, -0.1) is 0 Å². The van der Waals surface area contributed by atoms with Gasteiger partial charge in [-0.05, 0) is 23.7 Å². The van der Waals surface area contributed by atoms with Gasteiger partial charge in [-0.25, -0.2) is 0 Å². The lowest BCUT2D eigenvalue weighted by Crippen LogP contribution is -1.82. The molecule has 2 rings (SSSR count). The monoisotopic (exact) mass is 275 g/mol. The molecule has 0 spiro atoms. The van der Waals surface area contributed by atoms with Crippen LogP contribution in [0.15, 0.2) is 28.8 Å². The lowest BCUT2D eigenvalue weighted by molar-refractivity contribution is 0.104. The Kier molecular flexibility index (Phi) is 3.19. The highest BCUT2D eigenvalue weighted by Crippen LogP contribution is 2.28. The van der Waals surface area contributed by atoms with Gasteiger partial charge >= 0.3 is 0 Å². The van der Waals surface area contributed by atoms with Crippen molar-refractivity contribution in [3.63, 3.8) is 0 Å². The lowest BCUT2D eigenvalue weighted by atomic mass is 10.1. The quantitative estimate of drug-likeness (QED) is 0.778. The molecule has 0 aliphatic heterocycles. The summed E-state index contributed by atoms with van der Waals surface area (Å²) in [6.45, 7) is 0. The second-order valence-electron chi connectivity index (χ2n) is 2.98. The third kappa shape index (κ3) is 2.21. The fraction of sp³-hybridized carbons (Fsp3) is 0. The van der Waals surface area contributed by atoms with Gasteiger partial charge in [0, 0.05) is 11.6 Å². The number of hydrogen-bond donors (Lipinski definition) is 0. The zero-order valence-electron chi connectivity index (χ0n) is 7.71. The third-order valence-electron chi connectivity index (χ3n) is 1.92. The van der Waals surface area contributed by atoms with E-state index in [1.807, 2.05) is 0 Å². The Bertz CT molecular complexity index is 551. The van der Waals surface area contributed by atoms with Crippen molar-refractivity contribution in [1.82, 2.24) is 5.16 Å². The summed E-state index contributed by atoms with van der Waals surface area (Å²) in [5.74, 6) is -0.0114. The highest BCUT2D eigenvalue weighted by atomic mass is 35.5. The molecule has 0 saturated carbocycles. The summed E-state index contributed by atoms with van der Waals surface area (Å²) >= 11 is 16.9. The van der Waals surface area contributed by atoms with Gasteiger partial charge in [0.25, 0.3) is 5.24 Å². The van der Waals surface area contributed by atoms with Gasteiger partial charge in [0.1, 0.15) is 5.69 Å². The first-order chi connectivity index (χ1) is 7.58. The van der Waals surface area contributed by atoms with E-state index in [-0.39, 0.29) is 5.76 Å². The molecule has 82 valence electrons. The van der Waals surface area contributed by atoms with Crippen molar-refractivity contribution >= 4 is 40.0 Å². The maximum absolute atomic E-state index is 10.8. The normalized spacial score (nSPS) is 10.4. The van der Waals surface area contributed by atoms with E-state index in [4.69, 9.17) is 39.3 Å². The summed E-state index contributed by atoms with van der Waals surface area (Å²) in [4.78, 5) is 10.8. The summed E-state index contributed by atoms with van der Waals surface area (Å²) in [7, 11) is 0. The van der Waals surface area contributed by atoms with Gasteiger partial charge in [0.2, 0.25) is 5.76 Å². The number of hydrogen-bond acceptors (Lipinski definition) is 3. The SMILES string of the molecule is O=C(Cl)c1cc(-c2ccc(Cl)c(Cl)c2)no1. The van der Waals surface area contributed by atoms with E-state index in [9.17, 15) is 4.79 Å². The van der Waals surface area contributed by atoms with Crippen molar-refractivity contribution in [3.8, 4) is 11.3 Å². The van der Waals surface area contributed by atoms with Crippen LogP contribution in [0.2, 0.25) is 10.0 Å². The topological polar surface area (TPSA) is 43.1 Å². The van der Waals surface area contributed by atoms with Crippen LogP contribution in [0.4, 0.5) is 0 Å². The molecule has 1 aromatic carbocycles. The molecule has 0 amide bonds. The van der Waals surface area contributed by atoms with Crippen molar-refractivity contribution in [2.24, 2.45) is 0 Å². The molecular formula is C10H4Cl3NO2. The number of nitrogens with zero attached hydrogens (tertiary/aromatic N) is 1. The predicted octanol–water partition coefficient (Wildman–Crippen LogP) is 4.03. The van der Waals surface area contributed by atoms with Crippen LogP contribution < -0.4 is 0 Å². The van der Waals surface area contributed by atoms with E-state index >= 15 is 0 Å². The lowest BCUT2D eigenvalue weighted by Gasteiger charge is -1.97. The molecule has 0 aliphatic rings. The summed E-state index contributed by atoms with van der Waals surface area (Å²) in [5.41, 5.74) is 1.17. The molecule has 0 fully saturated rings. The molecule has 0 bridgehead atoms. The van der Waals surface area contributed by atoms with Gasteiger partial charge in [0.15, 0.2) is 0 Å². The van der Waals surface area contributed by atoms with Gasteiger partial charge in [-0.3, -0.25) is 4.79 Å². The van der Waals surface area contributed by atoms with E-state index in [0.717, 1.165) is 0 Å². The van der Waals surface area contributed by atoms with Crippen molar-refractivity contribution in [3.05, 3.63) is 40.1 Å². The van der Waals surface area contributed by atoms with Gasteiger partial charge in [0.05, 0.1) is 10.0 Å². The average molecular weight is 277 g/mol. The molecule has 0 saturated heterocycles. The number of halogens is 3. The standard InChI is InChI=1S/C10H4Cl3NO2/c11-6-2-1-5(3-7(6)12)8-4-9(10(13)15)16-14-8/h1-4H. The fourth-order valence-corrected chi connectivity index (χ4v) is 1.55. The molecule has 0 aliphatic carbocycles. The van der Waals surface area contributed by atoms with Crippen LogP contribution in [0.5, 0.6) is 0 Å². The van der Waals surface area contributed by atoms with Crippen molar-refractivity contribution in [2.45, 2.75) is 0 Å². The highest BCUT2D eigenvalue weighted by molar-refractivity contribution is 6.67. The molecule has 0 atom stereocenters. The Morgan fingerprint density at radius 1 is 1.19 bits per heavy atom. The Balaban J connectivity index is 2.42. The van der Waals surface area contributed by atoms with E-state index < -0.39 is 5.24 Å². The maximum atomic E-state index is 10.8. The molecule has 6 heteroatoms. The molecule has 1 heterocycles. The Labute approximate surface area is 106 Å². The van der Waals surface area contributed by atoms with Crippen molar-refractivity contribution in [2.75, 3.05) is 0 Å². The minimum absolute atomic E-state index is 0.0114. The van der Waals surface area contributed by atoms with Crippen LogP contribution in [0.25, 0.3) is 11.3 Å². The summed E-state index contributed by atoms with van der Waals surface area (Å²) < 4.78 is 4.74. The van der Waals surface area contributed by atoms with Gasteiger partial charge in [-0.1, -0.05) is 34.4 Å². The second kappa shape index (κ2) is 4.45. The van der Waals surface area contributed by atoms with Gasteiger partial charge in [-0.2, -0.15) is 0 Å². The number of rotatable bonds is 2. The molecule has 0 unspecified atom stereocenters. The summed E-state index contributed by atoms with van der Waals surface area (Å²) in [6, 6.07) is 6.42. The number of aromatic nitrogens is 1. The Morgan fingerprint density at radius 2 is 1.94 bits per heavy atom. The summed E-state index contributed by atoms with van der Waals surface area (Å²) in [6.07, 6.45) is 0. The molecule has 3 nitrogen and oxygen atoms in total. The molecular weight excluding hydrogens is 272 g/mol. The first kappa shape index (κ1) is 11.5. The Hall–Kier alpha value is -1.03. The fourth-order valence-electron chi connectivity index (χ4n) is 1.16. The molecule has 0 radical (unpaired) electrons. The largest absolute Gasteiger partial charge is 0.351 e. The molecule has 16 heavy (non-hydrogen) atoms. The zero-order valence-corrected chi connectivity index (χ0v) is 9.97.